The molecule has 0 aromatic carbocycles. The first-order chi connectivity index (χ1) is 7.63. The Morgan fingerprint density at radius 2 is 1.88 bits per heavy atom. The maximum absolute atomic E-state index is 11.5. The Kier molecular flexibility index (Phi) is 5.29. The van der Waals surface area contributed by atoms with Crippen LogP contribution in [0.2, 0.25) is 0 Å². The zero-order valence-electron chi connectivity index (χ0n) is 10.1. The molecule has 0 aromatic rings. The summed E-state index contributed by atoms with van der Waals surface area (Å²) in [6, 6.07) is 0. The van der Waals surface area contributed by atoms with Crippen LogP contribution < -0.4 is 5.32 Å². The number of hydrogen-bond acceptors (Lipinski definition) is 3. The predicted octanol–water partition coefficient (Wildman–Crippen LogP) is 1.49. The van der Waals surface area contributed by atoms with Crippen LogP contribution in [-0.4, -0.2) is 25.0 Å². The molecule has 0 atom stereocenters. The van der Waals surface area contributed by atoms with Crippen molar-refractivity contribution in [3.63, 3.8) is 0 Å². The maximum atomic E-state index is 11.5. The average molecular weight is 227 g/mol. The molecular weight excluding hydrogens is 206 g/mol. The summed E-state index contributed by atoms with van der Waals surface area (Å²) in [5.74, 6) is 0.566. The first kappa shape index (κ1) is 13.0. The van der Waals surface area contributed by atoms with E-state index in [1.54, 1.807) is 0 Å². The third-order valence-corrected chi connectivity index (χ3v) is 3.11. The highest BCUT2D eigenvalue weighted by atomic mass is 16.5. The van der Waals surface area contributed by atoms with E-state index >= 15 is 0 Å². The molecule has 0 aliphatic heterocycles. The molecule has 0 saturated heterocycles. The molecule has 16 heavy (non-hydrogen) atoms. The van der Waals surface area contributed by atoms with Crippen LogP contribution in [0.5, 0.6) is 0 Å². The summed E-state index contributed by atoms with van der Waals surface area (Å²) in [5.41, 5.74) is 0. The smallest absolute Gasteiger partial charge is 0.308 e. The minimum atomic E-state index is -0.0551. The lowest BCUT2D eigenvalue weighted by Gasteiger charge is -2.27. The first-order valence-corrected chi connectivity index (χ1v) is 6.04. The lowest BCUT2D eigenvalue weighted by Crippen LogP contribution is -2.31. The second-order valence-corrected chi connectivity index (χ2v) is 4.41. The summed E-state index contributed by atoms with van der Waals surface area (Å²) >= 11 is 0. The third-order valence-electron chi connectivity index (χ3n) is 3.11. The summed E-state index contributed by atoms with van der Waals surface area (Å²) in [6.07, 6.45) is 3.79. The standard InChI is InChI=1S/C12H21NO3/c1-3-16-12(15)11-6-4-10(5-7-11)8-13-9(2)14/h10-11H,3-8H2,1-2H3,(H,13,14). The van der Waals surface area contributed by atoms with Gasteiger partial charge in [0.1, 0.15) is 0 Å². The third kappa shape index (κ3) is 4.21. The predicted molar refractivity (Wildman–Crippen MR) is 60.8 cm³/mol. The lowest BCUT2D eigenvalue weighted by molar-refractivity contribution is -0.149. The summed E-state index contributed by atoms with van der Waals surface area (Å²) < 4.78 is 5.01. The second kappa shape index (κ2) is 6.51. The molecule has 0 heterocycles. The molecule has 1 amide bonds. The van der Waals surface area contributed by atoms with Crippen molar-refractivity contribution in [2.45, 2.75) is 39.5 Å². The van der Waals surface area contributed by atoms with Crippen molar-refractivity contribution in [2.24, 2.45) is 11.8 Å². The fraction of sp³-hybridized carbons (Fsp3) is 0.833. The van der Waals surface area contributed by atoms with Crippen molar-refractivity contribution in [2.75, 3.05) is 13.2 Å². The lowest BCUT2D eigenvalue weighted by atomic mass is 9.82. The molecule has 1 N–H and O–H groups in total. The van der Waals surface area contributed by atoms with E-state index in [9.17, 15) is 9.59 Å². The second-order valence-electron chi connectivity index (χ2n) is 4.41. The average Bonchev–Trinajstić information content (AvgIpc) is 2.27. The van der Waals surface area contributed by atoms with Crippen molar-refractivity contribution >= 4 is 11.9 Å². The van der Waals surface area contributed by atoms with Gasteiger partial charge in [-0.1, -0.05) is 0 Å². The molecule has 4 nitrogen and oxygen atoms in total. The van der Waals surface area contributed by atoms with Crippen molar-refractivity contribution in [3.8, 4) is 0 Å². The van der Waals surface area contributed by atoms with E-state index in [0.29, 0.717) is 12.5 Å². The highest BCUT2D eigenvalue weighted by Crippen LogP contribution is 2.29. The number of hydrogen-bond donors (Lipinski definition) is 1. The van der Waals surface area contributed by atoms with Crippen LogP contribution >= 0.6 is 0 Å². The minimum Gasteiger partial charge on any atom is -0.466 e. The van der Waals surface area contributed by atoms with Gasteiger partial charge in [0.15, 0.2) is 0 Å². The molecule has 1 aliphatic rings. The SMILES string of the molecule is CCOC(=O)C1CCC(CNC(C)=O)CC1. The van der Waals surface area contributed by atoms with Gasteiger partial charge in [0.25, 0.3) is 0 Å². The Balaban J connectivity index is 2.23. The maximum Gasteiger partial charge on any atom is 0.308 e. The van der Waals surface area contributed by atoms with Gasteiger partial charge in [0.2, 0.25) is 5.91 Å². The number of amides is 1. The molecule has 0 radical (unpaired) electrons. The van der Waals surface area contributed by atoms with Crippen molar-refractivity contribution in [1.29, 1.82) is 0 Å². The zero-order chi connectivity index (χ0) is 12.0. The molecule has 0 aromatic heterocycles. The summed E-state index contributed by atoms with van der Waals surface area (Å²) in [7, 11) is 0. The van der Waals surface area contributed by atoms with Crippen LogP contribution in [-0.2, 0) is 14.3 Å². The number of esters is 1. The van der Waals surface area contributed by atoms with Crippen LogP contribution in [0, 0.1) is 11.8 Å². The van der Waals surface area contributed by atoms with E-state index in [4.69, 9.17) is 4.74 Å². The molecule has 1 aliphatic carbocycles. The molecule has 0 unspecified atom stereocenters. The molecule has 92 valence electrons. The van der Waals surface area contributed by atoms with E-state index < -0.39 is 0 Å². The molecule has 1 fully saturated rings. The van der Waals surface area contributed by atoms with Crippen LogP contribution in [0.25, 0.3) is 0 Å². The molecule has 0 spiro atoms. The summed E-state index contributed by atoms with van der Waals surface area (Å²) in [5, 5.41) is 2.83. The minimum absolute atomic E-state index is 0.0208. The monoisotopic (exact) mass is 227 g/mol. The molecule has 1 rings (SSSR count). The summed E-state index contributed by atoms with van der Waals surface area (Å²) in [4.78, 5) is 22.2. The Labute approximate surface area is 96.7 Å². The number of ether oxygens (including phenoxy) is 1. The van der Waals surface area contributed by atoms with E-state index in [-0.39, 0.29) is 17.8 Å². The van der Waals surface area contributed by atoms with Crippen LogP contribution in [0.4, 0.5) is 0 Å². The Bertz CT molecular complexity index is 245. The Morgan fingerprint density at radius 1 is 1.25 bits per heavy atom. The zero-order valence-corrected chi connectivity index (χ0v) is 10.1. The van der Waals surface area contributed by atoms with Crippen LogP contribution in [0.3, 0.4) is 0 Å². The highest BCUT2D eigenvalue weighted by Gasteiger charge is 2.26. The van der Waals surface area contributed by atoms with Gasteiger partial charge in [-0.2, -0.15) is 0 Å². The van der Waals surface area contributed by atoms with Gasteiger partial charge in [-0.25, -0.2) is 0 Å². The van der Waals surface area contributed by atoms with Gasteiger partial charge in [-0.3, -0.25) is 9.59 Å². The highest BCUT2D eigenvalue weighted by molar-refractivity contribution is 5.73. The normalized spacial score (nSPS) is 24.9. The van der Waals surface area contributed by atoms with Gasteiger partial charge in [0, 0.05) is 13.5 Å². The summed E-state index contributed by atoms with van der Waals surface area (Å²) in [6.45, 7) is 4.57. The van der Waals surface area contributed by atoms with Gasteiger partial charge >= 0.3 is 5.97 Å². The molecule has 1 saturated carbocycles. The number of nitrogens with one attached hydrogen (secondary N) is 1. The molecule has 0 bridgehead atoms. The van der Waals surface area contributed by atoms with Crippen LogP contribution in [0.1, 0.15) is 39.5 Å². The van der Waals surface area contributed by atoms with E-state index in [1.807, 2.05) is 6.92 Å². The Hall–Kier alpha value is -1.06. The quantitative estimate of drug-likeness (QED) is 0.740. The van der Waals surface area contributed by atoms with Crippen molar-refractivity contribution in [1.82, 2.24) is 5.32 Å². The molecular formula is C12H21NO3. The number of rotatable bonds is 4. The topological polar surface area (TPSA) is 55.4 Å². The van der Waals surface area contributed by atoms with Gasteiger partial charge in [-0.15, -0.1) is 0 Å². The fourth-order valence-corrected chi connectivity index (χ4v) is 2.15. The Morgan fingerprint density at radius 3 is 2.38 bits per heavy atom. The van der Waals surface area contributed by atoms with Gasteiger partial charge < -0.3 is 10.1 Å². The van der Waals surface area contributed by atoms with E-state index in [1.165, 1.54) is 6.92 Å². The van der Waals surface area contributed by atoms with Crippen molar-refractivity contribution < 1.29 is 14.3 Å². The van der Waals surface area contributed by atoms with Crippen LogP contribution in [0.15, 0.2) is 0 Å². The van der Waals surface area contributed by atoms with Crippen molar-refractivity contribution in [3.05, 3.63) is 0 Å². The molecule has 4 heteroatoms. The fourth-order valence-electron chi connectivity index (χ4n) is 2.15. The number of carbonyl (C=O) groups is 2. The largest absolute Gasteiger partial charge is 0.466 e. The van der Waals surface area contributed by atoms with E-state index in [2.05, 4.69) is 5.32 Å². The van der Waals surface area contributed by atoms with Gasteiger partial charge in [-0.05, 0) is 38.5 Å². The van der Waals surface area contributed by atoms with E-state index in [0.717, 1.165) is 32.2 Å². The first-order valence-electron chi connectivity index (χ1n) is 6.04. The van der Waals surface area contributed by atoms with Gasteiger partial charge in [0.05, 0.1) is 12.5 Å². The number of carbonyl (C=O) groups excluding carboxylic acids is 2.